The summed E-state index contributed by atoms with van der Waals surface area (Å²) in [5.41, 5.74) is 8.35. The smallest absolute Gasteiger partial charge is 0.231 e. The summed E-state index contributed by atoms with van der Waals surface area (Å²) in [5, 5.41) is 0. The van der Waals surface area contributed by atoms with Crippen LogP contribution in [0.25, 0.3) is 0 Å². The van der Waals surface area contributed by atoms with E-state index in [9.17, 15) is 4.79 Å². The van der Waals surface area contributed by atoms with Crippen molar-refractivity contribution in [2.45, 2.75) is 19.8 Å². The summed E-state index contributed by atoms with van der Waals surface area (Å²) in [5.74, 6) is 0.114. The predicted octanol–water partition coefficient (Wildman–Crippen LogP) is 3.25. The van der Waals surface area contributed by atoms with Gasteiger partial charge >= 0.3 is 0 Å². The number of anilines is 2. The first-order chi connectivity index (χ1) is 9.70. The van der Waals surface area contributed by atoms with E-state index in [1.807, 2.05) is 59.5 Å². The van der Waals surface area contributed by atoms with Crippen LogP contribution in [0.3, 0.4) is 0 Å². The molecule has 0 aliphatic rings. The molecule has 1 amide bonds. The summed E-state index contributed by atoms with van der Waals surface area (Å²) in [6.07, 6.45) is 1.34. The number of carbonyl (C=O) groups excluding carboxylic acids is 1. The summed E-state index contributed by atoms with van der Waals surface area (Å²) >= 11 is 0. The van der Waals surface area contributed by atoms with E-state index >= 15 is 0 Å². The first kappa shape index (κ1) is 14.1. The Bertz CT molecular complexity index is 549. The van der Waals surface area contributed by atoms with Crippen LogP contribution in [0.5, 0.6) is 0 Å². The quantitative estimate of drug-likeness (QED) is 0.846. The fourth-order valence-electron chi connectivity index (χ4n) is 2.14. The molecule has 0 spiro atoms. The molecule has 2 aromatic rings. The van der Waals surface area contributed by atoms with Crippen LogP contribution in [-0.4, -0.2) is 12.5 Å². The van der Waals surface area contributed by atoms with Crippen molar-refractivity contribution in [2.24, 2.45) is 0 Å². The number of nitrogen functional groups attached to an aromatic ring is 1. The fraction of sp³-hybridized carbons (Fsp3) is 0.235. The van der Waals surface area contributed by atoms with E-state index in [4.69, 9.17) is 5.73 Å². The van der Waals surface area contributed by atoms with Gasteiger partial charge in [-0.05, 0) is 36.2 Å². The Morgan fingerprint density at radius 2 is 1.70 bits per heavy atom. The zero-order valence-corrected chi connectivity index (χ0v) is 11.8. The van der Waals surface area contributed by atoms with Crippen LogP contribution < -0.4 is 10.6 Å². The SMILES string of the molecule is CCCN(C(=O)Cc1ccccc1)c1ccc(N)cc1. The highest BCUT2D eigenvalue weighted by Crippen LogP contribution is 2.18. The molecule has 2 N–H and O–H groups in total. The van der Waals surface area contributed by atoms with E-state index in [0.29, 0.717) is 12.1 Å². The lowest BCUT2D eigenvalue weighted by Crippen LogP contribution is -2.32. The predicted molar refractivity (Wildman–Crippen MR) is 83.6 cm³/mol. The Morgan fingerprint density at radius 1 is 1.05 bits per heavy atom. The molecule has 0 saturated carbocycles. The normalized spacial score (nSPS) is 10.2. The number of rotatable bonds is 5. The number of carbonyl (C=O) groups is 1. The molecule has 2 rings (SSSR count). The minimum absolute atomic E-state index is 0.114. The molecule has 0 aliphatic carbocycles. The molecule has 0 heterocycles. The maximum absolute atomic E-state index is 12.5. The lowest BCUT2D eigenvalue weighted by atomic mass is 10.1. The minimum Gasteiger partial charge on any atom is -0.399 e. The molecule has 20 heavy (non-hydrogen) atoms. The van der Waals surface area contributed by atoms with Crippen LogP contribution in [0.4, 0.5) is 11.4 Å². The van der Waals surface area contributed by atoms with Gasteiger partial charge in [-0.15, -0.1) is 0 Å². The second-order valence-corrected chi connectivity index (χ2v) is 4.80. The molecular formula is C17H20N2O. The van der Waals surface area contributed by atoms with Crippen molar-refractivity contribution in [3.05, 3.63) is 60.2 Å². The van der Waals surface area contributed by atoms with Gasteiger partial charge in [-0.1, -0.05) is 37.3 Å². The monoisotopic (exact) mass is 268 g/mol. The molecule has 3 nitrogen and oxygen atoms in total. The average Bonchev–Trinajstić information content (AvgIpc) is 2.47. The third-order valence-electron chi connectivity index (χ3n) is 3.15. The van der Waals surface area contributed by atoms with E-state index in [0.717, 1.165) is 24.2 Å². The zero-order valence-electron chi connectivity index (χ0n) is 11.8. The number of hydrogen-bond acceptors (Lipinski definition) is 2. The van der Waals surface area contributed by atoms with Gasteiger partial charge in [0.05, 0.1) is 6.42 Å². The van der Waals surface area contributed by atoms with Crippen LogP contribution in [0.15, 0.2) is 54.6 Å². The van der Waals surface area contributed by atoms with E-state index in [-0.39, 0.29) is 5.91 Å². The molecule has 0 aliphatic heterocycles. The van der Waals surface area contributed by atoms with E-state index in [1.54, 1.807) is 0 Å². The highest BCUT2D eigenvalue weighted by molar-refractivity contribution is 5.94. The van der Waals surface area contributed by atoms with Gasteiger partial charge in [0.2, 0.25) is 5.91 Å². The third-order valence-corrected chi connectivity index (χ3v) is 3.15. The van der Waals surface area contributed by atoms with Gasteiger partial charge in [0, 0.05) is 17.9 Å². The Balaban J connectivity index is 2.15. The molecule has 104 valence electrons. The van der Waals surface area contributed by atoms with Gasteiger partial charge < -0.3 is 10.6 Å². The molecule has 0 unspecified atom stereocenters. The second kappa shape index (κ2) is 6.75. The Morgan fingerprint density at radius 3 is 2.30 bits per heavy atom. The molecule has 0 fully saturated rings. The van der Waals surface area contributed by atoms with Gasteiger partial charge in [-0.25, -0.2) is 0 Å². The van der Waals surface area contributed by atoms with Crippen molar-refractivity contribution in [2.75, 3.05) is 17.2 Å². The summed E-state index contributed by atoms with van der Waals surface area (Å²) in [6, 6.07) is 17.3. The molecule has 0 radical (unpaired) electrons. The fourth-order valence-corrected chi connectivity index (χ4v) is 2.14. The lowest BCUT2D eigenvalue weighted by molar-refractivity contribution is -0.118. The highest BCUT2D eigenvalue weighted by atomic mass is 16.2. The molecule has 3 heteroatoms. The van der Waals surface area contributed by atoms with Crippen molar-refractivity contribution in [1.29, 1.82) is 0 Å². The van der Waals surface area contributed by atoms with Crippen molar-refractivity contribution in [1.82, 2.24) is 0 Å². The van der Waals surface area contributed by atoms with Crippen LogP contribution in [0, 0.1) is 0 Å². The second-order valence-electron chi connectivity index (χ2n) is 4.80. The largest absolute Gasteiger partial charge is 0.399 e. The van der Waals surface area contributed by atoms with Crippen molar-refractivity contribution in [3.8, 4) is 0 Å². The number of nitrogens with zero attached hydrogens (tertiary/aromatic N) is 1. The molecular weight excluding hydrogens is 248 g/mol. The van der Waals surface area contributed by atoms with Gasteiger partial charge in [-0.3, -0.25) is 4.79 Å². The molecule has 0 saturated heterocycles. The van der Waals surface area contributed by atoms with Crippen LogP contribution in [0.1, 0.15) is 18.9 Å². The van der Waals surface area contributed by atoms with E-state index < -0.39 is 0 Å². The molecule has 0 aromatic heterocycles. The van der Waals surface area contributed by atoms with Gasteiger partial charge in [0.15, 0.2) is 0 Å². The molecule has 0 atom stereocenters. The van der Waals surface area contributed by atoms with Gasteiger partial charge in [0.25, 0.3) is 0 Å². The van der Waals surface area contributed by atoms with E-state index in [2.05, 4.69) is 6.92 Å². The lowest BCUT2D eigenvalue weighted by Gasteiger charge is -2.22. The summed E-state index contributed by atoms with van der Waals surface area (Å²) in [6.45, 7) is 2.79. The maximum atomic E-state index is 12.5. The van der Waals surface area contributed by atoms with Crippen molar-refractivity contribution in [3.63, 3.8) is 0 Å². The Labute approximate surface area is 120 Å². The molecule has 0 bridgehead atoms. The number of benzene rings is 2. The van der Waals surface area contributed by atoms with Crippen LogP contribution in [-0.2, 0) is 11.2 Å². The first-order valence-electron chi connectivity index (χ1n) is 6.90. The van der Waals surface area contributed by atoms with Crippen molar-refractivity contribution >= 4 is 17.3 Å². The summed E-state index contributed by atoms with van der Waals surface area (Å²) in [4.78, 5) is 14.3. The van der Waals surface area contributed by atoms with E-state index in [1.165, 1.54) is 0 Å². The highest BCUT2D eigenvalue weighted by Gasteiger charge is 2.15. The van der Waals surface area contributed by atoms with Crippen LogP contribution in [0.2, 0.25) is 0 Å². The van der Waals surface area contributed by atoms with Gasteiger partial charge in [-0.2, -0.15) is 0 Å². The zero-order chi connectivity index (χ0) is 14.4. The number of nitrogens with two attached hydrogens (primary N) is 1. The maximum Gasteiger partial charge on any atom is 0.231 e. The Hall–Kier alpha value is -2.29. The average molecular weight is 268 g/mol. The number of hydrogen-bond donors (Lipinski definition) is 1. The minimum atomic E-state index is 0.114. The molecule has 2 aromatic carbocycles. The summed E-state index contributed by atoms with van der Waals surface area (Å²) < 4.78 is 0. The topological polar surface area (TPSA) is 46.3 Å². The first-order valence-corrected chi connectivity index (χ1v) is 6.90. The summed E-state index contributed by atoms with van der Waals surface area (Å²) in [7, 11) is 0. The third kappa shape index (κ3) is 3.60. The standard InChI is InChI=1S/C17H20N2O/c1-2-12-19(16-10-8-15(18)9-11-16)17(20)13-14-6-4-3-5-7-14/h3-11H,2,12-13,18H2,1H3. The Kier molecular flexibility index (Phi) is 4.77. The van der Waals surface area contributed by atoms with Gasteiger partial charge in [0.1, 0.15) is 0 Å². The van der Waals surface area contributed by atoms with Crippen molar-refractivity contribution < 1.29 is 4.79 Å². The number of amides is 1. The van der Waals surface area contributed by atoms with Crippen LogP contribution >= 0.6 is 0 Å².